The number of benzene rings is 1. The van der Waals surface area contributed by atoms with Gasteiger partial charge < -0.3 is 0 Å². The molecule has 0 aromatic heterocycles. The highest BCUT2D eigenvalue weighted by Gasteiger charge is 2.30. The van der Waals surface area contributed by atoms with Crippen LogP contribution in [0.25, 0.3) is 0 Å². The fourth-order valence-electron chi connectivity index (χ4n) is 2.91. The van der Waals surface area contributed by atoms with E-state index in [1.165, 1.54) is 24.8 Å². The van der Waals surface area contributed by atoms with Gasteiger partial charge in [-0.15, -0.1) is 0 Å². The van der Waals surface area contributed by atoms with Crippen LogP contribution in [0.4, 0.5) is 0 Å². The van der Waals surface area contributed by atoms with E-state index in [4.69, 9.17) is 0 Å². The average molecular weight is 230 g/mol. The lowest BCUT2D eigenvalue weighted by molar-refractivity contribution is 0.141. The SMILES string of the molecule is CC(C)c1cccc(CC2CC(C(C)C)C2)c1. The highest BCUT2D eigenvalue weighted by atomic mass is 14.4. The molecule has 1 fully saturated rings. The number of hydrogen-bond donors (Lipinski definition) is 0. The maximum absolute atomic E-state index is 2.41. The quantitative estimate of drug-likeness (QED) is 0.680. The maximum atomic E-state index is 2.41. The highest BCUT2D eigenvalue weighted by molar-refractivity contribution is 5.26. The Morgan fingerprint density at radius 1 is 1.12 bits per heavy atom. The number of rotatable bonds is 4. The van der Waals surface area contributed by atoms with Crippen LogP contribution >= 0.6 is 0 Å². The minimum absolute atomic E-state index is 0.653. The zero-order chi connectivity index (χ0) is 12.4. The van der Waals surface area contributed by atoms with Crippen molar-refractivity contribution in [1.29, 1.82) is 0 Å². The van der Waals surface area contributed by atoms with E-state index in [9.17, 15) is 0 Å². The van der Waals surface area contributed by atoms with E-state index in [-0.39, 0.29) is 0 Å². The van der Waals surface area contributed by atoms with Crippen molar-refractivity contribution in [3.8, 4) is 0 Å². The highest BCUT2D eigenvalue weighted by Crippen LogP contribution is 2.40. The molecule has 1 saturated carbocycles. The standard InChI is InChI=1S/C17H26/c1-12(2)16-7-5-6-14(9-16)8-15-10-17(11-15)13(3)4/h5-7,9,12-13,15,17H,8,10-11H2,1-4H3. The van der Waals surface area contributed by atoms with Gasteiger partial charge >= 0.3 is 0 Å². The fourth-order valence-corrected chi connectivity index (χ4v) is 2.91. The Morgan fingerprint density at radius 3 is 2.41 bits per heavy atom. The Morgan fingerprint density at radius 2 is 1.82 bits per heavy atom. The normalized spacial score (nSPS) is 24.1. The third kappa shape index (κ3) is 3.12. The second-order valence-electron chi connectivity index (χ2n) is 6.45. The van der Waals surface area contributed by atoms with E-state index >= 15 is 0 Å². The van der Waals surface area contributed by atoms with E-state index in [0.717, 1.165) is 17.8 Å². The largest absolute Gasteiger partial charge is 0.0625 e. The van der Waals surface area contributed by atoms with Crippen LogP contribution in [0.15, 0.2) is 24.3 Å². The van der Waals surface area contributed by atoms with E-state index in [1.807, 2.05) is 0 Å². The zero-order valence-electron chi connectivity index (χ0n) is 11.7. The summed E-state index contributed by atoms with van der Waals surface area (Å²) >= 11 is 0. The van der Waals surface area contributed by atoms with E-state index < -0.39 is 0 Å². The van der Waals surface area contributed by atoms with Crippen LogP contribution in [-0.2, 0) is 6.42 Å². The maximum Gasteiger partial charge on any atom is -0.0219 e. The van der Waals surface area contributed by atoms with Crippen molar-refractivity contribution < 1.29 is 0 Å². The van der Waals surface area contributed by atoms with Gasteiger partial charge in [0.2, 0.25) is 0 Å². The van der Waals surface area contributed by atoms with Gasteiger partial charge in [0.1, 0.15) is 0 Å². The van der Waals surface area contributed by atoms with Crippen molar-refractivity contribution in [1.82, 2.24) is 0 Å². The van der Waals surface area contributed by atoms with E-state index in [1.54, 1.807) is 5.56 Å². The Balaban J connectivity index is 1.90. The van der Waals surface area contributed by atoms with Gasteiger partial charge in [0.15, 0.2) is 0 Å². The lowest BCUT2D eigenvalue weighted by Gasteiger charge is -2.38. The smallest absolute Gasteiger partial charge is 0.0219 e. The molecular formula is C17H26. The van der Waals surface area contributed by atoms with Crippen molar-refractivity contribution in [3.05, 3.63) is 35.4 Å². The summed E-state index contributed by atoms with van der Waals surface area (Å²) in [7, 11) is 0. The van der Waals surface area contributed by atoms with Gasteiger partial charge in [-0.1, -0.05) is 52.0 Å². The van der Waals surface area contributed by atoms with Crippen molar-refractivity contribution in [3.63, 3.8) is 0 Å². The topological polar surface area (TPSA) is 0 Å². The van der Waals surface area contributed by atoms with Gasteiger partial charge in [-0.05, 0) is 54.1 Å². The molecule has 0 N–H and O–H groups in total. The summed E-state index contributed by atoms with van der Waals surface area (Å²) < 4.78 is 0. The van der Waals surface area contributed by atoms with Crippen LogP contribution in [0.3, 0.4) is 0 Å². The van der Waals surface area contributed by atoms with Crippen LogP contribution in [0, 0.1) is 17.8 Å². The summed E-state index contributed by atoms with van der Waals surface area (Å²) in [5, 5.41) is 0. The molecule has 0 heteroatoms. The Hall–Kier alpha value is -0.780. The third-order valence-electron chi connectivity index (χ3n) is 4.36. The molecule has 1 aliphatic carbocycles. The van der Waals surface area contributed by atoms with E-state index in [0.29, 0.717) is 5.92 Å². The molecule has 0 unspecified atom stereocenters. The van der Waals surface area contributed by atoms with Crippen molar-refractivity contribution in [2.45, 2.75) is 52.9 Å². The molecule has 0 saturated heterocycles. The molecule has 1 aliphatic rings. The third-order valence-corrected chi connectivity index (χ3v) is 4.36. The second-order valence-corrected chi connectivity index (χ2v) is 6.45. The van der Waals surface area contributed by atoms with Gasteiger partial charge in [0, 0.05) is 0 Å². The molecule has 2 rings (SSSR count). The molecule has 0 radical (unpaired) electrons. The van der Waals surface area contributed by atoms with Gasteiger partial charge in [-0.3, -0.25) is 0 Å². The molecule has 94 valence electrons. The predicted molar refractivity (Wildman–Crippen MR) is 75.3 cm³/mol. The summed E-state index contributed by atoms with van der Waals surface area (Å²) in [4.78, 5) is 0. The molecule has 0 bridgehead atoms. The van der Waals surface area contributed by atoms with Crippen LogP contribution in [0.2, 0.25) is 0 Å². The van der Waals surface area contributed by atoms with Crippen molar-refractivity contribution in [2.24, 2.45) is 17.8 Å². The first-order valence-electron chi connectivity index (χ1n) is 7.15. The minimum atomic E-state index is 0.653. The average Bonchev–Trinajstić information content (AvgIpc) is 2.22. The summed E-state index contributed by atoms with van der Waals surface area (Å²) in [6.45, 7) is 9.27. The van der Waals surface area contributed by atoms with Crippen LogP contribution in [0.5, 0.6) is 0 Å². The summed E-state index contributed by atoms with van der Waals surface area (Å²) in [5.74, 6) is 3.48. The molecule has 17 heavy (non-hydrogen) atoms. The fraction of sp³-hybridized carbons (Fsp3) is 0.647. The first kappa shape index (κ1) is 12.7. The second kappa shape index (κ2) is 5.25. The van der Waals surface area contributed by atoms with Crippen LogP contribution < -0.4 is 0 Å². The lowest BCUT2D eigenvalue weighted by atomic mass is 9.67. The van der Waals surface area contributed by atoms with Gasteiger partial charge in [0.05, 0.1) is 0 Å². The molecule has 0 nitrogen and oxygen atoms in total. The zero-order valence-corrected chi connectivity index (χ0v) is 11.7. The summed E-state index contributed by atoms with van der Waals surface area (Å²) in [6, 6.07) is 9.19. The van der Waals surface area contributed by atoms with Crippen LogP contribution in [0.1, 0.15) is 57.6 Å². The molecule has 0 aliphatic heterocycles. The first-order chi connectivity index (χ1) is 8.06. The summed E-state index contributed by atoms with van der Waals surface area (Å²) in [5.41, 5.74) is 3.03. The molecule has 1 aromatic carbocycles. The van der Waals surface area contributed by atoms with Gasteiger partial charge in [-0.2, -0.15) is 0 Å². The van der Waals surface area contributed by atoms with Gasteiger partial charge in [-0.25, -0.2) is 0 Å². The monoisotopic (exact) mass is 230 g/mol. The molecule has 0 amide bonds. The van der Waals surface area contributed by atoms with Gasteiger partial charge in [0.25, 0.3) is 0 Å². The predicted octanol–water partition coefficient (Wildman–Crippen LogP) is 5.03. The lowest BCUT2D eigenvalue weighted by Crippen LogP contribution is -2.29. The first-order valence-corrected chi connectivity index (χ1v) is 7.15. The van der Waals surface area contributed by atoms with Crippen molar-refractivity contribution in [2.75, 3.05) is 0 Å². The van der Waals surface area contributed by atoms with E-state index in [2.05, 4.69) is 52.0 Å². The Kier molecular flexibility index (Phi) is 3.91. The Bertz CT molecular complexity index is 356. The Labute approximate surface area is 106 Å². The summed E-state index contributed by atoms with van der Waals surface area (Å²) in [6.07, 6.45) is 4.19. The minimum Gasteiger partial charge on any atom is -0.0625 e. The van der Waals surface area contributed by atoms with Crippen molar-refractivity contribution >= 4 is 0 Å². The van der Waals surface area contributed by atoms with Crippen LogP contribution in [-0.4, -0.2) is 0 Å². The molecular weight excluding hydrogens is 204 g/mol. The molecule has 0 spiro atoms. The molecule has 0 heterocycles. The number of hydrogen-bond acceptors (Lipinski definition) is 0. The molecule has 0 atom stereocenters. The molecule has 1 aromatic rings.